The number of thioether (sulfide) groups is 1. The fourth-order valence-corrected chi connectivity index (χ4v) is 3.14. The van der Waals surface area contributed by atoms with Crippen molar-refractivity contribution in [1.29, 1.82) is 0 Å². The zero-order chi connectivity index (χ0) is 13.2. The zero-order valence-corrected chi connectivity index (χ0v) is 12.8. The molecular weight excluding hydrogens is 300 g/mol. The number of halogens is 1. The van der Waals surface area contributed by atoms with Crippen LogP contribution in [0.1, 0.15) is 5.56 Å². The molecule has 1 aromatic rings. The molecule has 110 valence electrons. The van der Waals surface area contributed by atoms with E-state index in [1.165, 1.54) is 0 Å². The number of nitrogens with one attached hydrogen (secondary N) is 1. The Hall–Kier alpha value is -1.11. The number of carbonyl (C=O) groups excluding carboxylic acids is 1. The second-order valence-corrected chi connectivity index (χ2v) is 5.68. The Morgan fingerprint density at radius 2 is 2.25 bits per heavy atom. The number of ether oxygens (including phenoxy) is 2. The van der Waals surface area contributed by atoms with Crippen molar-refractivity contribution >= 4 is 30.1 Å². The lowest BCUT2D eigenvalue weighted by atomic mass is 10.2. The highest BCUT2D eigenvalue weighted by Crippen LogP contribution is 2.32. The monoisotopic (exact) mass is 316 g/mol. The van der Waals surface area contributed by atoms with Crippen molar-refractivity contribution in [2.45, 2.75) is 12.6 Å². The van der Waals surface area contributed by atoms with Gasteiger partial charge in [0.05, 0.1) is 6.04 Å². The molecule has 20 heavy (non-hydrogen) atoms. The van der Waals surface area contributed by atoms with Gasteiger partial charge in [-0.1, -0.05) is 6.07 Å². The van der Waals surface area contributed by atoms with Gasteiger partial charge in [-0.05, 0) is 17.7 Å². The molecule has 7 heteroatoms. The lowest BCUT2D eigenvalue weighted by Gasteiger charge is -2.21. The van der Waals surface area contributed by atoms with Gasteiger partial charge in [-0.15, -0.1) is 24.2 Å². The van der Waals surface area contributed by atoms with Gasteiger partial charge in [0.15, 0.2) is 11.5 Å². The number of amides is 1. The molecule has 0 radical (unpaired) electrons. The van der Waals surface area contributed by atoms with Crippen LogP contribution in [0.25, 0.3) is 0 Å². The topological polar surface area (TPSA) is 50.8 Å². The molecule has 0 aliphatic carbocycles. The number of fused-ring (bicyclic) bond motifs is 1. The van der Waals surface area contributed by atoms with E-state index >= 15 is 0 Å². The minimum Gasteiger partial charge on any atom is -0.454 e. The quantitative estimate of drug-likeness (QED) is 0.915. The number of likely N-dealkylation sites (N-methyl/N-ethyl adjacent to an activating group) is 1. The van der Waals surface area contributed by atoms with Crippen LogP contribution in [0.5, 0.6) is 11.5 Å². The molecule has 2 heterocycles. The van der Waals surface area contributed by atoms with Crippen LogP contribution >= 0.6 is 24.2 Å². The number of hydrogen-bond acceptors (Lipinski definition) is 5. The first kappa shape index (κ1) is 15.3. The van der Waals surface area contributed by atoms with Crippen molar-refractivity contribution in [1.82, 2.24) is 10.2 Å². The van der Waals surface area contributed by atoms with Gasteiger partial charge in [0.1, 0.15) is 0 Å². The van der Waals surface area contributed by atoms with Crippen LogP contribution in [-0.4, -0.2) is 42.3 Å². The van der Waals surface area contributed by atoms with Crippen molar-refractivity contribution in [3.05, 3.63) is 23.8 Å². The van der Waals surface area contributed by atoms with Crippen LogP contribution < -0.4 is 14.8 Å². The zero-order valence-electron chi connectivity index (χ0n) is 11.1. The summed E-state index contributed by atoms with van der Waals surface area (Å²) in [7, 11) is 1.83. The van der Waals surface area contributed by atoms with Gasteiger partial charge in [-0.25, -0.2) is 0 Å². The standard InChI is InChI=1S/C13H16N2O3S.ClH/c1-15(13(16)10-6-19-7-14-10)5-9-2-3-11-12(4-9)18-8-17-11;/h2-4,10,14H,5-8H2,1H3;1H. The molecule has 1 atom stereocenters. The van der Waals surface area contributed by atoms with Crippen LogP contribution in [0.2, 0.25) is 0 Å². The van der Waals surface area contributed by atoms with Crippen LogP contribution in [0.3, 0.4) is 0 Å². The summed E-state index contributed by atoms with van der Waals surface area (Å²) >= 11 is 1.76. The minimum absolute atomic E-state index is 0. The van der Waals surface area contributed by atoms with Gasteiger partial charge in [0, 0.05) is 25.2 Å². The van der Waals surface area contributed by atoms with Gasteiger partial charge in [-0.3, -0.25) is 10.1 Å². The van der Waals surface area contributed by atoms with Crippen molar-refractivity contribution in [3.63, 3.8) is 0 Å². The predicted molar refractivity (Wildman–Crippen MR) is 80.5 cm³/mol. The Balaban J connectivity index is 0.00000147. The maximum Gasteiger partial charge on any atom is 0.240 e. The average Bonchev–Trinajstić information content (AvgIpc) is 3.08. The average molecular weight is 317 g/mol. The highest BCUT2D eigenvalue weighted by Gasteiger charge is 2.25. The highest BCUT2D eigenvalue weighted by atomic mass is 35.5. The first-order valence-electron chi connectivity index (χ1n) is 6.18. The summed E-state index contributed by atoms with van der Waals surface area (Å²) in [5.41, 5.74) is 1.05. The number of nitrogens with zero attached hydrogens (tertiary/aromatic N) is 1. The summed E-state index contributed by atoms with van der Waals surface area (Å²) in [6.45, 7) is 0.856. The van der Waals surface area contributed by atoms with E-state index in [9.17, 15) is 4.79 Å². The fraction of sp³-hybridized carbons (Fsp3) is 0.462. The molecule has 0 aromatic heterocycles. The maximum atomic E-state index is 12.2. The molecule has 1 N–H and O–H groups in total. The number of rotatable bonds is 3. The van der Waals surface area contributed by atoms with Crippen molar-refractivity contribution < 1.29 is 14.3 Å². The normalized spacial score (nSPS) is 19.6. The van der Waals surface area contributed by atoms with E-state index in [0.29, 0.717) is 6.54 Å². The van der Waals surface area contributed by atoms with Crippen LogP contribution in [0.15, 0.2) is 18.2 Å². The molecule has 1 saturated heterocycles. The summed E-state index contributed by atoms with van der Waals surface area (Å²) in [6.07, 6.45) is 0. The second-order valence-electron chi connectivity index (χ2n) is 4.65. The third kappa shape index (κ3) is 3.13. The molecule has 0 bridgehead atoms. The van der Waals surface area contributed by atoms with Gasteiger partial charge in [0.25, 0.3) is 0 Å². The lowest BCUT2D eigenvalue weighted by Crippen LogP contribution is -2.42. The summed E-state index contributed by atoms with van der Waals surface area (Å²) in [5.74, 6) is 3.38. The summed E-state index contributed by atoms with van der Waals surface area (Å²) < 4.78 is 10.6. The number of benzene rings is 1. The smallest absolute Gasteiger partial charge is 0.240 e. The molecular formula is C13H17ClN2O3S. The van der Waals surface area contributed by atoms with Crippen molar-refractivity contribution in [3.8, 4) is 11.5 Å². The molecule has 1 amide bonds. The predicted octanol–water partition coefficient (Wildman–Crippen LogP) is 1.46. The van der Waals surface area contributed by atoms with E-state index in [4.69, 9.17) is 9.47 Å². The summed E-state index contributed by atoms with van der Waals surface area (Å²) in [5, 5.41) is 3.19. The van der Waals surface area contributed by atoms with E-state index in [1.54, 1.807) is 16.7 Å². The largest absolute Gasteiger partial charge is 0.454 e. The van der Waals surface area contributed by atoms with Gasteiger partial charge >= 0.3 is 0 Å². The fourth-order valence-electron chi connectivity index (χ4n) is 2.21. The first-order chi connectivity index (χ1) is 9.24. The Bertz CT molecular complexity index is 495. The molecule has 3 rings (SSSR count). The Morgan fingerprint density at radius 1 is 1.45 bits per heavy atom. The molecule has 2 aliphatic heterocycles. The Labute approximate surface area is 128 Å². The summed E-state index contributed by atoms with van der Waals surface area (Å²) in [6, 6.07) is 5.74. The Morgan fingerprint density at radius 3 is 3.00 bits per heavy atom. The SMILES string of the molecule is CN(Cc1ccc2c(c1)OCO2)C(=O)C1CSCN1.Cl. The van der Waals surface area contributed by atoms with Crippen LogP contribution in [-0.2, 0) is 11.3 Å². The molecule has 1 aromatic carbocycles. The van der Waals surface area contributed by atoms with Crippen LogP contribution in [0.4, 0.5) is 0 Å². The van der Waals surface area contributed by atoms with Crippen molar-refractivity contribution in [2.24, 2.45) is 0 Å². The maximum absolute atomic E-state index is 12.2. The van der Waals surface area contributed by atoms with E-state index in [0.717, 1.165) is 28.7 Å². The van der Waals surface area contributed by atoms with Crippen molar-refractivity contribution in [2.75, 3.05) is 25.5 Å². The van der Waals surface area contributed by atoms with E-state index in [-0.39, 0.29) is 31.1 Å². The van der Waals surface area contributed by atoms with Gasteiger partial charge < -0.3 is 14.4 Å². The van der Waals surface area contributed by atoms with E-state index < -0.39 is 0 Å². The second kappa shape index (κ2) is 6.56. The summed E-state index contributed by atoms with van der Waals surface area (Å²) in [4.78, 5) is 13.9. The third-order valence-corrected chi connectivity index (χ3v) is 4.19. The molecule has 5 nitrogen and oxygen atoms in total. The lowest BCUT2D eigenvalue weighted by molar-refractivity contribution is -0.131. The van der Waals surface area contributed by atoms with E-state index in [2.05, 4.69) is 5.32 Å². The first-order valence-corrected chi connectivity index (χ1v) is 7.34. The minimum atomic E-state index is -0.0518. The highest BCUT2D eigenvalue weighted by molar-refractivity contribution is 7.99. The molecule has 0 saturated carbocycles. The number of hydrogen-bond donors (Lipinski definition) is 1. The van der Waals surface area contributed by atoms with Gasteiger partial charge in [0.2, 0.25) is 12.7 Å². The van der Waals surface area contributed by atoms with Crippen LogP contribution in [0, 0.1) is 0 Å². The molecule has 2 aliphatic rings. The Kier molecular flexibility index (Phi) is 5.01. The van der Waals surface area contributed by atoms with Gasteiger partial charge in [-0.2, -0.15) is 0 Å². The molecule has 0 spiro atoms. The molecule has 1 unspecified atom stereocenters. The third-order valence-electron chi connectivity index (χ3n) is 3.25. The molecule has 1 fully saturated rings. The number of carbonyl (C=O) groups is 1. The van der Waals surface area contributed by atoms with E-state index in [1.807, 2.05) is 25.2 Å².